The summed E-state index contributed by atoms with van der Waals surface area (Å²) >= 11 is 1.22. The lowest BCUT2D eigenvalue weighted by molar-refractivity contribution is -0.114. The van der Waals surface area contributed by atoms with Crippen molar-refractivity contribution in [1.29, 1.82) is 0 Å². The fraction of sp³-hybridized carbons (Fsp3) is 0.368. The zero-order valence-corrected chi connectivity index (χ0v) is 17.5. The van der Waals surface area contributed by atoms with E-state index in [1.165, 1.54) is 11.8 Å². The zero-order chi connectivity index (χ0) is 21.1. The van der Waals surface area contributed by atoms with Crippen LogP contribution in [0.15, 0.2) is 38.7 Å². The molecule has 30 heavy (non-hydrogen) atoms. The van der Waals surface area contributed by atoms with E-state index < -0.39 is 0 Å². The van der Waals surface area contributed by atoms with Crippen LogP contribution in [0, 0.1) is 6.92 Å². The Morgan fingerprint density at radius 3 is 2.83 bits per heavy atom. The molecule has 0 unspecified atom stereocenters. The fourth-order valence-electron chi connectivity index (χ4n) is 3.18. The maximum absolute atomic E-state index is 13.0. The molecule has 0 spiro atoms. The molecule has 0 aliphatic carbocycles. The van der Waals surface area contributed by atoms with E-state index in [1.807, 2.05) is 22.6 Å². The van der Waals surface area contributed by atoms with Crippen LogP contribution in [0.25, 0.3) is 16.7 Å². The first kappa shape index (κ1) is 20.1. The van der Waals surface area contributed by atoms with Crippen LogP contribution in [-0.2, 0) is 11.3 Å². The number of carbonyl (C=O) groups is 1. The lowest BCUT2D eigenvalue weighted by atomic mass is 10.2. The summed E-state index contributed by atoms with van der Waals surface area (Å²) in [5.74, 6) is 0.686. The number of benzene rings is 1. The van der Waals surface area contributed by atoms with E-state index in [2.05, 4.69) is 32.6 Å². The molecule has 0 fully saturated rings. The molecule has 11 heteroatoms. The Balaban J connectivity index is 1.65. The van der Waals surface area contributed by atoms with Gasteiger partial charge < -0.3 is 4.52 Å². The molecule has 1 amide bonds. The molecule has 0 atom stereocenters. The van der Waals surface area contributed by atoms with E-state index in [-0.39, 0.29) is 23.2 Å². The van der Waals surface area contributed by atoms with E-state index in [0.29, 0.717) is 34.2 Å². The van der Waals surface area contributed by atoms with Crippen LogP contribution >= 0.6 is 11.8 Å². The van der Waals surface area contributed by atoms with Gasteiger partial charge in [0, 0.05) is 6.54 Å². The third-order valence-electron chi connectivity index (χ3n) is 4.57. The number of amides is 1. The second kappa shape index (κ2) is 8.66. The largest absolute Gasteiger partial charge is 0.328 e. The van der Waals surface area contributed by atoms with E-state index in [4.69, 9.17) is 4.52 Å². The topological polar surface area (TPSA) is 120 Å². The lowest BCUT2D eigenvalue weighted by Crippen LogP contribution is -2.23. The third kappa shape index (κ3) is 3.92. The molecule has 10 nitrogen and oxygen atoms in total. The molecule has 0 saturated carbocycles. The Bertz CT molecular complexity index is 1260. The maximum Gasteiger partial charge on any atom is 0.328 e. The van der Waals surface area contributed by atoms with Crippen LogP contribution in [0.2, 0.25) is 0 Å². The van der Waals surface area contributed by atoms with Crippen LogP contribution in [0.1, 0.15) is 32.0 Å². The molecule has 3 aromatic heterocycles. The summed E-state index contributed by atoms with van der Waals surface area (Å²) in [5, 5.41) is 15.8. The fourth-order valence-corrected chi connectivity index (χ4v) is 3.92. The standard InChI is InChI=1S/C19H21N7O3S/c1-3-4-7-10-25-16(28)13-8-5-6-9-14(13)26-18(25)22-23-19(26)30-11-15(27)21-17-20-12(2)24-29-17/h5-6,8-9H,3-4,7,10-11H2,1-2H3,(H,20,21,24,27). The minimum atomic E-state index is -0.305. The molecule has 4 rings (SSSR count). The first-order valence-corrected chi connectivity index (χ1v) is 10.7. The van der Waals surface area contributed by atoms with Crippen LogP contribution in [0.3, 0.4) is 0 Å². The van der Waals surface area contributed by atoms with Gasteiger partial charge in [-0.25, -0.2) is 0 Å². The van der Waals surface area contributed by atoms with Crippen molar-refractivity contribution >= 4 is 40.4 Å². The van der Waals surface area contributed by atoms with Gasteiger partial charge in [-0.05, 0) is 25.5 Å². The van der Waals surface area contributed by atoms with Crippen molar-refractivity contribution in [2.45, 2.75) is 44.8 Å². The predicted octanol–water partition coefficient (Wildman–Crippen LogP) is 2.66. The van der Waals surface area contributed by atoms with Gasteiger partial charge in [-0.15, -0.1) is 10.2 Å². The van der Waals surface area contributed by atoms with Crippen LogP contribution in [0.4, 0.5) is 6.01 Å². The first-order valence-electron chi connectivity index (χ1n) is 9.68. The minimum absolute atomic E-state index is 0.0550. The van der Waals surface area contributed by atoms with E-state index in [9.17, 15) is 9.59 Å². The van der Waals surface area contributed by atoms with Crippen molar-refractivity contribution in [2.75, 3.05) is 11.1 Å². The van der Waals surface area contributed by atoms with Crippen molar-refractivity contribution in [3.8, 4) is 0 Å². The number of carbonyl (C=O) groups excluding carboxylic acids is 1. The molecule has 1 aromatic carbocycles. The Kier molecular flexibility index (Phi) is 5.79. The summed E-state index contributed by atoms with van der Waals surface area (Å²) in [6, 6.07) is 7.41. The number of unbranched alkanes of at least 4 members (excludes halogenated alkanes) is 2. The molecule has 0 radical (unpaired) electrons. The van der Waals surface area contributed by atoms with Crippen LogP contribution < -0.4 is 10.9 Å². The number of hydrogen-bond donors (Lipinski definition) is 1. The van der Waals surface area contributed by atoms with Gasteiger partial charge in [0.2, 0.25) is 11.7 Å². The second-order valence-corrected chi connectivity index (χ2v) is 7.73. The maximum atomic E-state index is 13.0. The van der Waals surface area contributed by atoms with Gasteiger partial charge in [-0.2, -0.15) is 4.98 Å². The van der Waals surface area contributed by atoms with Crippen molar-refractivity contribution in [3.63, 3.8) is 0 Å². The number of rotatable bonds is 8. The van der Waals surface area contributed by atoms with Gasteiger partial charge in [-0.3, -0.25) is 23.9 Å². The predicted molar refractivity (Wildman–Crippen MR) is 113 cm³/mol. The van der Waals surface area contributed by atoms with Gasteiger partial charge in [-0.1, -0.05) is 48.8 Å². The van der Waals surface area contributed by atoms with Crippen LogP contribution in [0.5, 0.6) is 0 Å². The summed E-state index contributed by atoms with van der Waals surface area (Å²) in [6.07, 6.45) is 2.96. The van der Waals surface area contributed by atoms with Gasteiger partial charge in [0.1, 0.15) is 0 Å². The number of fused-ring (bicyclic) bond motifs is 3. The summed E-state index contributed by atoms with van der Waals surface area (Å²) in [7, 11) is 0. The Labute approximate surface area is 175 Å². The molecular formula is C19H21N7O3S. The third-order valence-corrected chi connectivity index (χ3v) is 5.50. The summed E-state index contributed by atoms with van der Waals surface area (Å²) < 4.78 is 8.40. The molecule has 0 saturated heterocycles. The summed E-state index contributed by atoms with van der Waals surface area (Å²) in [4.78, 5) is 29.2. The number of thioether (sulfide) groups is 1. The average molecular weight is 427 g/mol. The minimum Gasteiger partial charge on any atom is -0.315 e. The number of para-hydroxylation sites is 1. The number of nitrogens with zero attached hydrogens (tertiary/aromatic N) is 6. The van der Waals surface area contributed by atoms with Gasteiger partial charge in [0.25, 0.3) is 5.56 Å². The monoisotopic (exact) mass is 427 g/mol. The highest BCUT2D eigenvalue weighted by Crippen LogP contribution is 2.22. The van der Waals surface area contributed by atoms with Crippen molar-refractivity contribution < 1.29 is 9.32 Å². The number of hydrogen-bond acceptors (Lipinski definition) is 8. The van der Waals surface area contributed by atoms with Crippen molar-refractivity contribution in [3.05, 3.63) is 40.4 Å². The van der Waals surface area contributed by atoms with Gasteiger partial charge in [0.15, 0.2) is 11.0 Å². The molecule has 0 aliphatic rings. The quantitative estimate of drug-likeness (QED) is 0.337. The Morgan fingerprint density at radius 1 is 1.23 bits per heavy atom. The molecule has 1 N–H and O–H groups in total. The number of nitrogens with one attached hydrogen (secondary N) is 1. The summed E-state index contributed by atoms with van der Waals surface area (Å²) in [5.41, 5.74) is 0.632. The normalized spacial score (nSPS) is 11.4. The number of anilines is 1. The van der Waals surface area contributed by atoms with Crippen molar-refractivity contribution in [2.24, 2.45) is 0 Å². The molecule has 0 bridgehead atoms. The lowest BCUT2D eigenvalue weighted by Gasteiger charge is -2.11. The molecule has 156 valence electrons. The Morgan fingerprint density at radius 2 is 2.07 bits per heavy atom. The van der Waals surface area contributed by atoms with Crippen LogP contribution in [-0.4, -0.2) is 41.0 Å². The number of aryl methyl sites for hydroxylation is 2. The van der Waals surface area contributed by atoms with E-state index in [1.54, 1.807) is 17.6 Å². The average Bonchev–Trinajstić information content (AvgIpc) is 3.35. The first-order chi connectivity index (χ1) is 14.6. The van der Waals surface area contributed by atoms with E-state index in [0.717, 1.165) is 19.3 Å². The van der Waals surface area contributed by atoms with Crippen molar-refractivity contribution in [1.82, 2.24) is 29.3 Å². The number of aromatic nitrogens is 6. The second-order valence-electron chi connectivity index (χ2n) is 6.78. The zero-order valence-electron chi connectivity index (χ0n) is 16.7. The molecule has 3 heterocycles. The molecular weight excluding hydrogens is 406 g/mol. The highest BCUT2D eigenvalue weighted by molar-refractivity contribution is 7.99. The van der Waals surface area contributed by atoms with E-state index >= 15 is 0 Å². The molecule has 4 aromatic rings. The smallest absolute Gasteiger partial charge is 0.315 e. The highest BCUT2D eigenvalue weighted by Gasteiger charge is 2.18. The van der Waals surface area contributed by atoms with Gasteiger partial charge >= 0.3 is 6.01 Å². The van der Waals surface area contributed by atoms with Gasteiger partial charge in [0.05, 0.1) is 16.7 Å². The highest BCUT2D eigenvalue weighted by atomic mass is 32.2. The summed E-state index contributed by atoms with van der Waals surface area (Å²) in [6.45, 7) is 4.35. The molecule has 0 aliphatic heterocycles. The Hall–Kier alpha value is -3.21. The SMILES string of the molecule is CCCCCn1c(=O)c2ccccc2n2c(SCC(=O)Nc3nc(C)no3)nnc12.